The molecule has 1 saturated heterocycles. The van der Waals surface area contributed by atoms with Crippen LogP contribution in [0.5, 0.6) is 0 Å². The van der Waals surface area contributed by atoms with Gasteiger partial charge in [0.25, 0.3) is 5.56 Å². The zero-order valence-electron chi connectivity index (χ0n) is 16.4. The van der Waals surface area contributed by atoms with Gasteiger partial charge in [-0.05, 0) is 36.8 Å². The number of urea groups is 1. The molecule has 0 bridgehead atoms. The van der Waals surface area contributed by atoms with Crippen LogP contribution in [0.1, 0.15) is 16.8 Å². The molecular weight excluding hydrogens is 424 g/mol. The molecule has 2 amide bonds. The highest BCUT2D eigenvalue weighted by atomic mass is 35.5. The first-order chi connectivity index (χ1) is 15.0. The monoisotopic (exact) mass is 442 g/mol. The number of nitrogens with one attached hydrogen (secondary N) is 2. The second kappa shape index (κ2) is 8.65. The minimum Gasteiger partial charge on any atom is -0.462 e. The lowest BCUT2D eigenvalue weighted by atomic mass is 10.2. The molecule has 160 valence electrons. The summed E-state index contributed by atoms with van der Waals surface area (Å²) in [5.74, 6) is -0.586. The van der Waals surface area contributed by atoms with E-state index in [1.54, 1.807) is 24.3 Å². The summed E-state index contributed by atoms with van der Waals surface area (Å²) in [7, 11) is 0. The molecule has 0 unspecified atom stereocenters. The van der Waals surface area contributed by atoms with E-state index >= 15 is 0 Å². The SMILES string of the molecule is O=C(OCCCn1c(=O)[nH]c2ccccc2c1=O)c1ccc(Cl)c(N2CCNC2=O)c1. The highest BCUT2D eigenvalue weighted by molar-refractivity contribution is 6.34. The first-order valence-electron chi connectivity index (χ1n) is 9.69. The molecule has 1 aliphatic heterocycles. The summed E-state index contributed by atoms with van der Waals surface area (Å²) in [4.78, 5) is 53.1. The van der Waals surface area contributed by atoms with Crippen molar-refractivity contribution < 1.29 is 14.3 Å². The topological polar surface area (TPSA) is 114 Å². The molecule has 31 heavy (non-hydrogen) atoms. The number of amides is 2. The van der Waals surface area contributed by atoms with Crippen LogP contribution in [0.25, 0.3) is 10.9 Å². The number of benzene rings is 2. The summed E-state index contributed by atoms with van der Waals surface area (Å²) in [6.07, 6.45) is 0.280. The Kier molecular flexibility index (Phi) is 5.77. The van der Waals surface area contributed by atoms with Crippen LogP contribution < -0.4 is 21.5 Å². The number of halogens is 1. The van der Waals surface area contributed by atoms with Gasteiger partial charge in [-0.2, -0.15) is 0 Å². The molecule has 10 heteroatoms. The standard InChI is InChI=1S/C21H19ClN4O5/c22-15-7-6-13(12-17(15)25-10-8-23-20(25)29)19(28)31-11-3-9-26-18(27)14-4-1-2-5-16(14)24-21(26)30/h1-2,4-7,12H,3,8-11H2,(H,23,29)(H,24,30). The predicted molar refractivity (Wildman–Crippen MR) is 116 cm³/mol. The average molecular weight is 443 g/mol. The quantitative estimate of drug-likeness (QED) is 0.448. The van der Waals surface area contributed by atoms with Crippen LogP contribution in [-0.4, -0.2) is 41.2 Å². The van der Waals surface area contributed by atoms with Gasteiger partial charge in [-0.3, -0.25) is 14.3 Å². The van der Waals surface area contributed by atoms with Gasteiger partial charge >= 0.3 is 17.7 Å². The Hall–Kier alpha value is -3.59. The van der Waals surface area contributed by atoms with E-state index in [0.717, 1.165) is 4.57 Å². The average Bonchev–Trinajstić information content (AvgIpc) is 3.19. The van der Waals surface area contributed by atoms with Gasteiger partial charge in [0.1, 0.15) is 0 Å². The molecule has 0 radical (unpaired) electrons. The van der Waals surface area contributed by atoms with Crippen molar-refractivity contribution in [3.63, 3.8) is 0 Å². The minimum atomic E-state index is -0.586. The number of fused-ring (bicyclic) bond motifs is 1. The number of esters is 1. The summed E-state index contributed by atoms with van der Waals surface area (Å²) >= 11 is 6.17. The van der Waals surface area contributed by atoms with Gasteiger partial charge in [0.2, 0.25) is 0 Å². The van der Waals surface area contributed by atoms with Gasteiger partial charge in [0.05, 0.1) is 33.8 Å². The second-order valence-electron chi connectivity index (χ2n) is 6.97. The Morgan fingerprint density at radius 2 is 1.94 bits per heavy atom. The number of hydrogen-bond acceptors (Lipinski definition) is 5. The first kappa shape index (κ1) is 20.7. The van der Waals surface area contributed by atoms with E-state index in [4.69, 9.17) is 16.3 Å². The van der Waals surface area contributed by atoms with Gasteiger partial charge in [-0.1, -0.05) is 23.7 Å². The van der Waals surface area contributed by atoms with Crippen molar-refractivity contribution in [2.24, 2.45) is 0 Å². The molecule has 0 aliphatic carbocycles. The van der Waals surface area contributed by atoms with Gasteiger partial charge in [-0.15, -0.1) is 0 Å². The normalized spacial score (nSPS) is 13.5. The van der Waals surface area contributed by atoms with E-state index in [0.29, 0.717) is 34.7 Å². The predicted octanol–water partition coefficient (Wildman–Crippen LogP) is 2.12. The first-order valence-corrected chi connectivity index (χ1v) is 10.1. The van der Waals surface area contributed by atoms with Crippen LogP contribution in [0.4, 0.5) is 10.5 Å². The van der Waals surface area contributed by atoms with E-state index in [9.17, 15) is 19.2 Å². The Labute approximate surface area is 181 Å². The van der Waals surface area contributed by atoms with Crippen LogP contribution in [0, 0.1) is 0 Å². The van der Waals surface area contributed by atoms with E-state index in [1.165, 1.54) is 23.1 Å². The number of hydrogen-bond donors (Lipinski definition) is 2. The third-order valence-electron chi connectivity index (χ3n) is 4.98. The molecule has 0 saturated carbocycles. The van der Waals surface area contributed by atoms with Crippen LogP contribution in [0.15, 0.2) is 52.1 Å². The van der Waals surface area contributed by atoms with E-state index in [-0.39, 0.29) is 31.2 Å². The van der Waals surface area contributed by atoms with Crippen molar-refractivity contribution in [1.29, 1.82) is 0 Å². The molecule has 2 N–H and O–H groups in total. The molecule has 2 aromatic carbocycles. The van der Waals surface area contributed by atoms with Crippen LogP contribution in [-0.2, 0) is 11.3 Å². The summed E-state index contributed by atoms with van der Waals surface area (Å²) in [5, 5.41) is 3.44. The number of ether oxygens (including phenoxy) is 1. The maximum absolute atomic E-state index is 12.5. The number of aromatic nitrogens is 2. The van der Waals surface area contributed by atoms with Gasteiger partial charge in [0, 0.05) is 19.6 Å². The zero-order chi connectivity index (χ0) is 22.0. The Balaban J connectivity index is 1.40. The fourth-order valence-corrected chi connectivity index (χ4v) is 3.64. The van der Waals surface area contributed by atoms with E-state index < -0.39 is 17.2 Å². The summed E-state index contributed by atoms with van der Waals surface area (Å²) < 4.78 is 6.36. The number of H-pyrrole nitrogens is 1. The Morgan fingerprint density at radius 3 is 2.71 bits per heavy atom. The molecule has 0 spiro atoms. The summed E-state index contributed by atoms with van der Waals surface area (Å²) in [5.41, 5.74) is 0.253. The molecule has 4 rings (SSSR count). The Morgan fingerprint density at radius 1 is 1.13 bits per heavy atom. The third-order valence-corrected chi connectivity index (χ3v) is 5.30. The smallest absolute Gasteiger partial charge is 0.338 e. The summed E-state index contributed by atoms with van der Waals surface area (Å²) in [6, 6.07) is 11.0. The maximum atomic E-state index is 12.5. The fraction of sp³-hybridized carbons (Fsp3) is 0.238. The molecule has 1 aliphatic rings. The summed E-state index contributed by atoms with van der Waals surface area (Å²) in [6.45, 7) is 1.06. The van der Waals surface area contributed by atoms with Crippen LogP contribution in [0.3, 0.4) is 0 Å². The van der Waals surface area contributed by atoms with Crippen molar-refractivity contribution in [3.8, 4) is 0 Å². The fourth-order valence-electron chi connectivity index (χ4n) is 3.42. The van der Waals surface area contributed by atoms with E-state index in [1.807, 2.05) is 0 Å². The third kappa shape index (κ3) is 4.17. The van der Waals surface area contributed by atoms with Gasteiger partial charge < -0.3 is 15.0 Å². The lowest BCUT2D eigenvalue weighted by Crippen LogP contribution is -2.35. The molecule has 2 heterocycles. The molecule has 3 aromatic rings. The Bertz CT molecular complexity index is 1280. The highest BCUT2D eigenvalue weighted by Gasteiger charge is 2.24. The number of anilines is 1. The van der Waals surface area contributed by atoms with E-state index in [2.05, 4.69) is 10.3 Å². The maximum Gasteiger partial charge on any atom is 0.338 e. The van der Waals surface area contributed by atoms with Crippen molar-refractivity contribution in [2.75, 3.05) is 24.6 Å². The second-order valence-corrected chi connectivity index (χ2v) is 7.38. The molecule has 9 nitrogen and oxygen atoms in total. The highest BCUT2D eigenvalue weighted by Crippen LogP contribution is 2.28. The molecule has 1 fully saturated rings. The number of nitrogens with zero attached hydrogens (tertiary/aromatic N) is 2. The number of carbonyl (C=O) groups is 2. The van der Waals surface area contributed by atoms with Crippen LogP contribution >= 0.6 is 11.6 Å². The number of carbonyl (C=O) groups excluding carboxylic acids is 2. The molecule has 0 atom stereocenters. The number of para-hydroxylation sites is 1. The largest absolute Gasteiger partial charge is 0.462 e. The van der Waals surface area contributed by atoms with Crippen molar-refractivity contribution in [2.45, 2.75) is 13.0 Å². The minimum absolute atomic E-state index is 0.0136. The van der Waals surface area contributed by atoms with Crippen molar-refractivity contribution >= 4 is 40.2 Å². The number of aromatic amines is 1. The van der Waals surface area contributed by atoms with Crippen LogP contribution in [0.2, 0.25) is 5.02 Å². The van der Waals surface area contributed by atoms with Gasteiger partial charge in [-0.25, -0.2) is 14.4 Å². The molecular formula is C21H19ClN4O5. The van der Waals surface area contributed by atoms with Crippen molar-refractivity contribution in [1.82, 2.24) is 14.9 Å². The van der Waals surface area contributed by atoms with Crippen molar-refractivity contribution in [3.05, 3.63) is 73.9 Å². The zero-order valence-corrected chi connectivity index (χ0v) is 17.1. The number of rotatable bonds is 6. The van der Waals surface area contributed by atoms with Gasteiger partial charge in [0.15, 0.2) is 0 Å². The lowest BCUT2D eigenvalue weighted by molar-refractivity contribution is 0.0495. The molecule has 1 aromatic heterocycles. The lowest BCUT2D eigenvalue weighted by Gasteiger charge is -2.16.